The molecule has 1 saturated carbocycles. The number of nitrogens with zero attached hydrogens (tertiary/aromatic N) is 1. The van der Waals surface area contributed by atoms with Crippen molar-refractivity contribution < 1.29 is 18.5 Å². The molecule has 1 aromatic carbocycles. The van der Waals surface area contributed by atoms with Crippen LogP contribution in [0.5, 0.6) is 0 Å². The summed E-state index contributed by atoms with van der Waals surface area (Å²) in [6.07, 6.45) is 3.66. The summed E-state index contributed by atoms with van der Waals surface area (Å²) in [5.41, 5.74) is -0.658. The molecule has 0 spiro atoms. The van der Waals surface area contributed by atoms with Crippen molar-refractivity contribution in [2.75, 3.05) is 18.9 Å². The number of carbonyl (C=O) groups is 2. The number of benzene rings is 1. The molecule has 0 radical (unpaired) electrons. The number of hydrogen-bond donors (Lipinski definition) is 0. The van der Waals surface area contributed by atoms with Crippen LogP contribution < -0.4 is 0 Å². The predicted molar refractivity (Wildman–Crippen MR) is 100.0 cm³/mol. The SMILES string of the molecule is CCOC(=O)C[C@@]12CCC[C@@](CS(=O)c3ccccc3)(CN1C(C)=O)C2. The second-order valence-corrected chi connectivity index (χ2v) is 9.10. The minimum Gasteiger partial charge on any atom is -0.466 e. The van der Waals surface area contributed by atoms with Crippen molar-refractivity contribution in [2.24, 2.45) is 5.41 Å². The van der Waals surface area contributed by atoms with Gasteiger partial charge in [0.05, 0.1) is 29.4 Å². The van der Waals surface area contributed by atoms with Crippen LogP contribution in [0.2, 0.25) is 0 Å². The zero-order valence-electron chi connectivity index (χ0n) is 15.5. The van der Waals surface area contributed by atoms with Gasteiger partial charge in [-0.2, -0.15) is 0 Å². The van der Waals surface area contributed by atoms with Gasteiger partial charge in [-0.3, -0.25) is 13.8 Å². The van der Waals surface area contributed by atoms with Crippen LogP contribution in [0.4, 0.5) is 0 Å². The predicted octanol–water partition coefficient (Wildman–Crippen LogP) is 2.91. The van der Waals surface area contributed by atoms with Crippen molar-refractivity contribution in [3.05, 3.63) is 30.3 Å². The number of hydrogen-bond acceptors (Lipinski definition) is 4. The number of esters is 1. The molecule has 1 saturated heterocycles. The summed E-state index contributed by atoms with van der Waals surface area (Å²) < 4.78 is 18.1. The van der Waals surface area contributed by atoms with Crippen LogP contribution in [-0.2, 0) is 25.1 Å². The van der Waals surface area contributed by atoms with E-state index in [0.29, 0.717) is 18.9 Å². The maximum Gasteiger partial charge on any atom is 0.308 e. The van der Waals surface area contributed by atoms with Gasteiger partial charge in [0.1, 0.15) is 0 Å². The first kappa shape index (κ1) is 19.1. The molecule has 6 heteroatoms. The summed E-state index contributed by atoms with van der Waals surface area (Å²) in [5.74, 6) is 0.273. The second-order valence-electron chi connectivity index (χ2n) is 7.64. The van der Waals surface area contributed by atoms with E-state index in [4.69, 9.17) is 4.74 Å². The molecule has 2 fully saturated rings. The minimum absolute atomic E-state index is 0.0106. The topological polar surface area (TPSA) is 63.7 Å². The fourth-order valence-corrected chi connectivity index (χ4v) is 6.33. The largest absolute Gasteiger partial charge is 0.466 e. The first-order valence-corrected chi connectivity index (χ1v) is 10.6. The molecule has 1 amide bonds. The highest BCUT2D eigenvalue weighted by molar-refractivity contribution is 7.85. The highest BCUT2D eigenvalue weighted by atomic mass is 32.2. The maximum atomic E-state index is 12.9. The van der Waals surface area contributed by atoms with Gasteiger partial charge in [-0.05, 0) is 38.3 Å². The Bertz CT molecular complexity index is 707. The average molecular weight is 378 g/mol. The van der Waals surface area contributed by atoms with Crippen LogP contribution in [-0.4, -0.2) is 45.4 Å². The molecule has 2 aliphatic rings. The van der Waals surface area contributed by atoms with Gasteiger partial charge in [-0.25, -0.2) is 0 Å². The second kappa shape index (κ2) is 7.51. The molecule has 1 aromatic rings. The molecule has 142 valence electrons. The van der Waals surface area contributed by atoms with Gasteiger partial charge in [0, 0.05) is 29.5 Å². The third kappa shape index (κ3) is 3.70. The Hall–Kier alpha value is -1.69. The van der Waals surface area contributed by atoms with Crippen molar-refractivity contribution in [3.8, 4) is 0 Å². The monoisotopic (exact) mass is 377 g/mol. The van der Waals surface area contributed by atoms with Gasteiger partial charge >= 0.3 is 5.97 Å². The van der Waals surface area contributed by atoms with E-state index in [-0.39, 0.29) is 23.7 Å². The molecule has 2 bridgehead atoms. The van der Waals surface area contributed by atoms with E-state index in [1.165, 1.54) is 0 Å². The summed E-state index contributed by atoms with van der Waals surface area (Å²) in [6, 6.07) is 9.48. The Morgan fingerprint density at radius 1 is 1.23 bits per heavy atom. The van der Waals surface area contributed by atoms with Crippen LogP contribution >= 0.6 is 0 Å². The molecule has 1 aliphatic carbocycles. The van der Waals surface area contributed by atoms with Crippen molar-refractivity contribution in [2.45, 2.75) is 56.4 Å². The lowest BCUT2D eigenvalue weighted by molar-refractivity contribution is -0.148. The summed E-state index contributed by atoms with van der Waals surface area (Å²) in [5, 5.41) is 0. The lowest BCUT2D eigenvalue weighted by atomic mass is 9.70. The van der Waals surface area contributed by atoms with Crippen molar-refractivity contribution >= 4 is 22.7 Å². The summed E-state index contributed by atoms with van der Waals surface area (Å²) in [6.45, 7) is 4.29. The van der Waals surface area contributed by atoms with Crippen LogP contribution in [0.25, 0.3) is 0 Å². The van der Waals surface area contributed by atoms with Gasteiger partial charge in [0.15, 0.2) is 0 Å². The Labute approximate surface area is 157 Å². The molecule has 0 N–H and O–H groups in total. The van der Waals surface area contributed by atoms with Gasteiger partial charge in [0.2, 0.25) is 5.91 Å². The van der Waals surface area contributed by atoms with E-state index in [1.807, 2.05) is 35.2 Å². The van der Waals surface area contributed by atoms with Gasteiger partial charge < -0.3 is 9.64 Å². The number of likely N-dealkylation sites (tertiary alicyclic amines) is 1. The molecule has 1 heterocycles. The first-order valence-electron chi connectivity index (χ1n) is 9.27. The number of rotatable bonds is 6. The molecule has 0 aromatic heterocycles. The molecule has 1 unspecified atom stereocenters. The average Bonchev–Trinajstić information content (AvgIpc) is 2.82. The fourth-order valence-electron chi connectivity index (χ4n) is 4.81. The van der Waals surface area contributed by atoms with Crippen LogP contribution in [0.1, 0.15) is 46.0 Å². The summed E-state index contributed by atoms with van der Waals surface area (Å²) >= 11 is 0. The quantitative estimate of drug-likeness (QED) is 0.715. The van der Waals surface area contributed by atoms with Crippen molar-refractivity contribution in [1.29, 1.82) is 0 Å². The van der Waals surface area contributed by atoms with Crippen molar-refractivity contribution in [1.82, 2.24) is 4.90 Å². The van der Waals surface area contributed by atoms with Gasteiger partial charge in [0.25, 0.3) is 0 Å². The standard InChI is InChI=1S/C20H27NO4S/c1-3-25-18(23)12-20-11-7-10-19(13-20,14-21(20)16(2)22)15-26(24)17-8-5-4-6-9-17/h4-6,8-9H,3,7,10-15H2,1-2H3/t19-,20+,26?/m0/s1. The fraction of sp³-hybridized carbons (Fsp3) is 0.600. The van der Waals surface area contributed by atoms with E-state index in [0.717, 1.165) is 30.6 Å². The maximum absolute atomic E-state index is 12.9. The minimum atomic E-state index is -1.11. The zero-order valence-corrected chi connectivity index (χ0v) is 16.3. The smallest absolute Gasteiger partial charge is 0.308 e. The van der Waals surface area contributed by atoms with E-state index < -0.39 is 16.3 Å². The highest BCUT2D eigenvalue weighted by Gasteiger charge is 2.57. The number of ether oxygens (including phenoxy) is 1. The molecule has 3 atom stereocenters. The Morgan fingerprint density at radius 2 is 1.96 bits per heavy atom. The normalized spacial score (nSPS) is 28.6. The Kier molecular flexibility index (Phi) is 5.51. The van der Waals surface area contributed by atoms with Gasteiger partial charge in [-0.15, -0.1) is 0 Å². The lowest BCUT2D eigenvalue weighted by Gasteiger charge is -2.40. The van der Waals surface area contributed by atoms with E-state index >= 15 is 0 Å². The zero-order chi connectivity index (χ0) is 18.8. The molecule has 3 rings (SSSR count). The Morgan fingerprint density at radius 3 is 2.62 bits per heavy atom. The lowest BCUT2D eigenvalue weighted by Crippen LogP contribution is -2.48. The van der Waals surface area contributed by atoms with Gasteiger partial charge in [-0.1, -0.05) is 24.6 Å². The molecular formula is C20H27NO4S. The molecule has 5 nitrogen and oxygen atoms in total. The number of carbonyl (C=O) groups excluding carboxylic acids is 2. The van der Waals surface area contributed by atoms with E-state index in [2.05, 4.69) is 0 Å². The first-order chi connectivity index (χ1) is 12.4. The van der Waals surface area contributed by atoms with Crippen LogP contribution in [0, 0.1) is 5.41 Å². The van der Waals surface area contributed by atoms with E-state index in [9.17, 15) is 13.8 Å². The number of fused-ring (bicyclic) bond motifs is 2. The highest BCUT2D eigenvalue weighted by Crippen LogP contribution is 2.54. The van der Waals surface area contributed by atoms with Crippen LogP contribution in [0.3, 0.4) is 0 Å². The third-order valence-corrected chi connectivity index (χ3v) is 7.39. The summed E-state index contributed by atoms with van der Waals surface area (Å²) in [4.78, 5) is 27.2. The molecular weight excluding hydrogens is 350 g/mol. The summed E-state index contributed by atoms with van der Waals surface area (Å²) in [7, 11) is -1.11. The molecule has 1 aliphatic heterocycles. The number of amides is 1. The molecule has 26 heavy (non-hydrogen) atoms. The van der Waals surface area contributed by atoms with Crippen molar-refractivity contribution in [3.63, 3.8) is 0 Å². The van der Waals surface area contributed by atoms with Crippen LogP contribution in [0.15, 0.2) is 35.2 Å². The van der Waals surface area contributed by atoms with E-state index in [1.54, 1.807) is 13.8 Å². The Balaban J connectivity index is 1.83. The third-order valence-electron chi connectivity index (χ3n) is 5.72.